The molecule has 1 aliphatic heterocycles. The van der Waals surface area contributed by atoms with Crippen LogP contribution in [0.15, 0.2) is 59.6 Å². The smallest absolute Gasteiger partial charge is 0.0702 e. The fourth-order valence-electron chi connectivity index (χ4n) is 3.24. The Bertz CT molecular complexity index is 793. The number of thioether (sulfide) groups is 1. The lowest BCUT2D eigenvalue weighted by atomic mass is 10.0. The van der Waals surface area contributed by atoms with E-state index in [1.54, 1.807) is 0 Å². The summed E-state index contributed by atoms with van der Waals surface area (Å²) in [5.74, 6) is 1.69. The van der Waals surface area contributed by atoms with Crippen molar-refractivity contribution in [3.05, 3.63) is 65.9 Å². The van der Waals surface area contributed by atoms with Crippen LogP contribution in [-0.2, 0) is 13.2 Å². The van der Waals surface area contributed by atoms with E-state index in [2.05, 4.69) is 47.2 Å². The molecule has 106 valence electrons. The van der Waals surface area contributed by atoms with Gasteiger partial charge in [-0.2, -0.15) is 0 Å². The van der Waals surface area contributed by atoms with Crippen LogP contribution in [0.1, 0.15) is 17.0 Å². The summed E-state index contributed by atoms with van der Waals surface area (Å²) in [5.41, 5.74) is 3.65. The van der Waals surface area contributed by atoms with Gasteiger partial charge in [0.05, 0.1) is 12.1 Å². The molecule has 2 heterocycles. The maximum Gasteiger partial charge on any atom is 0.0702 e. The molecule has 0 saturated carbocycles. The Kier molecular flexibility index (Phi) is 3.24. The highest BCUT2D eigenvalue weighted by atomic mass is 32.2. The molecule has 3 heteroatoms. The van der Waals surface area contributed by atoms with Crippen LogP contribution >= 0.6 is 11.8 Å². The molecule has 4 rings (SSSR count). The number of aromatic nitrogens is 1. The van der Waals surface area contributed by atoms with Crippen molar-refractivity contribution in [1.82, 2.24) is 4.57 Å². The van der Waals surface area contributed by atoms with Crippen molar-refractivity contribution >= 4 is 22.7 Å². The monoisotopic (exact) mass is 295 g/mol. The van der Waals surface area contributed by atoms with E-state index in [9.17, 15) is 5.11 Å². The molecule has 0 fully saturated rings. The number of rotatable bonds is 3. The van der Waals surface area contributed by atoms with Gasteiger partial charge in [0.25, 0.3) is 0 Å². The molecule has 1 N–H and O–H groups in total. The molecule has 2 nitrogen and oxygen atoms in total. The topological polar surface area (TPSA) is 25.2 Å². The zero-order valence-corrected chi connectivity index (χ0v) is 12.5. The predicted molar refractivity (Wildman–Crippen MR) is 87.8 cm³/mol. The SMILES string of the molecule is OCc1cccc2ccn(CC3CSc4ccccc43)c12. The molecule has 2 aromatic carbocycles. The second-order valence-corrected chi connectivity index (χ2v) is 6.59. The standard InChI is InChI=1S/C18H17NOS/c20-11-14-5-3-4-13-8-9-19(18(13)14)10-15-12-21-17-7-2-1-6-16(15)17/h1-9,15,20H,10-12H2. The molecule has 0 amide bonds. The minimum atomic E-state index is 0.0946. The maximum absolute atomic E-state index is 9.58. The quantitative estimate of drug-likeness (QED) is 0.789. The number of benzene rings is 2. The van der Waals surface area contributed by atoms with E-state index in [0.29, 0.717) is 5.92 Å². The average Bonchev–Trinajstić information content (AvgIpc) is 3.13. The van der Waals surface area contributed by atoms with Crippen molar-refractivity contribution in [3.63, 3.8) is 0 Å². The first-order valence-corrected chi connectivity index (χ1v) is 8.24. The van der Waals surface area contributed by atoms with E-state index in [-0.39, 0.29) is 6.61 Å². The number of para-hydroxylation sites is 1. The average molecular weight is 295 g/mol. The molecule has 0 bridgehead atoms. The molecule has 0 saturated heterocycles. The number of hydrogen-bond acceptors (Lipinski definition) is 2. The minimum Gasteiger partial charge on any atom is -0.392 e. The van der Waals surface area contributed by atoms with E-state index >= 15 is 0 Å². The third kappa shape index (κ3) is 2.17. The van der Waals surface area contributed by atoms with Gasteiger partial charge < -0.3 is 9.67 Å². The highest BCUT2D eigenvalue weighted by molar-refractivity contribution is 7.99. The lowest BCUT2D eigenvalue weighted by molar-refractivity contribution is 0.283. The van der Waals surface area contributed by atoms with Crippen molar-refractivity contribution in [2.24, 2.45) is 0 Å². The second-order valence-electron chi connectivity index (χ2n) is 5.53. The van der Waals surface area contributed by atoms with Gasteiger partial charge in [-0.25, -0.2) is 0 Å². The Morgan fingerprint density at radius 1 is 1.10 bits per heavy atom. The summed E-state index contributed by atoms with van der Waals surface area (Å²) in [6.45, 7) is 1.07. The van der Waals surface area contributed by atoms with Gasteiger partial charge in [0.15, 0.2) is 0 Å². The normalized spacial score (nSPS) is 17.3. The third-order valence-corrected chi connectivity index (χ3v) is 5.51. The van der Waals surface area contributed by atoms with Gasteiger partial charge in [-0.15, -0.1) is 11.8 Å². The van der Waals surface area contributed by atoms with Gasteiger partial charge in [0.1, 0.15) is 0 Å². The molecule has 0 spiro atoms. The highest BCUT2D eigenvalue weighted by Gasteiger charge is 2.23. The number of hydrogen-bond donors (Lipinski definition) is 1. The van der Waals surface area contributed by atoms with Gasteiger partial charge in [-0.1, -0.05) is 36.4 Å². The first-order chi connectivity index (χ1) is 10.4. The summed E-state index contributed by atoms with van der Waals surface area (Å²) in [4.78, 5) is 1.42. The number of aliphatic hydroxyl groups is 1. The van der Waals surface area contributed by atoms with E-state index in [4.69, 9.17) is 0 Å². The number of nitrogens with zero attached hydrogens (tertiary/aromatic N) is 1. The second kappa shape index (κ2) is 5.24. The van der Waals surface area contributed by atoms with Crippen LogP contribution in [-0.4, -0.2) is 15.4 Å². The Morgan fingerprint density at radius 2 is 2.00 bits per heavy atom. The highest BCUT2D eigenvalue weighted by Crippen LogP contribution is 2.40. The molecule has 1 unspecified atom stereocenters. The van der Waals surface area contributed by atoms with E-state index < -0.39 is 0 Å². The first kappa shape index (κ1) is 13.0. The van der Waals surface area contributed by atoms with E-state index in [1.807, 2.05) is 23.9 Å². The fraction of sp³-hybridized carbons (Fsp3) is 0.222. The Hall–Kier alpha value is -1.71. The summed E-state index contributed by atoms with van der Waals surface area (Å²) in [6.07, 6.45) is 2.15. The van der Waals surface area contributed by atoms with Gasteiger partial charge in [0, 0.05) is 34.9 Å². The van der Waals surface area contributed by atoms with Gasteiger partial charge in [-0.3, -0.25) is 0 Å². The zero-order chi connectivity index (χ0) is 14.2. The fourth-order valence-corrected chi connectivity index (χ4v) is 4.48. The molecular formula is C18H17NOS. The number of aliphatic hydroxyl groups excluding tert-OH is 1. The van der Waals surface area contributed by atoms with Gasteiger partial charge in [-0.05, 0) is 23.1 Å². The molecule has 1 aromatic heterocycles. The Morgan fingerprint density at radius 3 is 2.90 bits per heavy atom. The van der Waals surface area contributed by atoms with Crippen LogP contribution in [0.25, 0.3) is 10.9 Å². The Labute approximate surface area is 128 Å². The van der Waals surface area contributed by atoms with Crippen molar-refractivity contribution in [3.8, 4) is 0 Å². The van der Waals surface area contributed by atoms with Crippen molar-refractivity contribution in [2.75, 3.05) is 5.75 Å². The lowest BCUT2D eigenvalue weighted by Crippen LogP contribution is -2.08. The van der Waals surface area contributed by atoms with Crippen LogP contribution < -0.4 is 0 Å². The molecule has 0 radical (unpaired) electrons. The predicted octanol–water partition coefficient (Wildman–Crippen LogP) is 4.02. The number of fused-ring (bicyclic) bond motifs is 2. The summed E-state index contributed by atoms with van der Waals surface area (Å²) in [5, 5.41) is 10.8. The largest absolute Gasteiger partial charge is 0.392 e. The van der Waals surface area contributed by atoms with Crippen LogP contribution in [0.2, 0.25) is 0 Å². The summed E-state index contributed by atoms with van der Waals surface area (Å²) in [6, 6.07) is 17.0. The molecule has 3 aromatic rings. The summed E-state index contributed by atoms with van der Waals surface area (Å²) < 4.78 is 2.30. The molecule has 1 aliphatic rings. The summed E-state index contributed by atoms with van der Waals surface area (Å²) in [7, 11) is 0. The van der Waals surface area contributed by atoms with Crippen LogP contribution in [0.4, 0.5) is 0 Å². The first-order valence-electron chi connectivity index (χ1n) is 7.26. The van der Waals surface area contributed by atoms with Crippen LogP contribution in [0, 0.1) is 0 Å². The Balaban J connectivity index is 1.73. The minimum absolute atomic E-state index is 0.0946. The van der Waals surface area contributed by atoms with Crippen molar-refractivity contribution < 1.29 is 5.11 Å². The van der Waals surface area contributed by atoms with Gasteiger partial charge >= 0.3 is 0 Å². The molecule has 21 heavy (non-hydrogen) atoms. The third-order valence-electron chi connectivity index (χ3n) is 4.26. The van der Waals surface area contributed by atoms with Crippen LogP contribution in [0.3, 0.4) is 0 Å². The zero-order valence-electron chi connectivity index (χ0n) is 11.7. The van der Waals surface area contributed by atoms with E-state index in [0.717, 1.165) is 17.9 Å². The molecule has 1 atom stereocenters. The maximum atomic E-state index is 9.58. The van der Waals surface area contributed by atoms with E-state index in [1.165, 1.54) is 21.4 Å². The van der Waals surface area contributed by atoms with Crippen molar-refractivity contribution in [1.29, 1.82) is 0 Å². The van der Waals surface area contributed by atoms with Crippen LogP contribution in [0.5, 0.6) is 0 Å². The lowest BCUT2D eigenvalue weighted by Gasteiger charge is -2.14. The molecule has 0 aliphatic carbocycles. The molecular weight excluding hydrogens is 278 g/mol. The van der Waals surface area contributed by atoms with Crippen molar-refractivity contribution in [2.45, 2.75) is 24.0 Å². The van der Waals surface area contributed by atoms with Gasteiger partial charge in [0.2, 0.25) is 0 Å². The summed E-state index contributed by atoms with van der Waals surface area (Å²) >= 11 is 1.95.